The van der Waals surface area contributed by atoms with Gasteiger partial charge in [-0.3, -0.25) is 0 Å². The lowest BCUT2D eigenvalue weighted by atomic mass is 10.00. The lowest BCUT2D eigenvalue weighted by Crippen LogP contribution is -2.43. The molecule has 1 aliphatic heterocycles. The maximum atomic E-state index is 12.1. The Labute approximate surface area is 121 Å². The van der Waals surface area contributed by atoms with Crippen LogP contribution >= 0.6 is 0 Å². The normalized spacial score (nSPS) is 16.0. The molecule has 0 unspecified atom stereocenters. The van der Waals surface area contributed by atoms with Crippen molar-refractivity contribution in [3.8, 4) is 5.75 Å². The molecule has 1 aromatic rings. The minimum atomic E-state index is 0.0307. The minimum absolute atomic E-state index is 0.0307. The molecular formula is C16H24N2O2. The van der Waals surface area contributed by atoms with E-state index in [2.05, 4.69) is 12.2 Å². The molecule has 1 fully saturated rings. The second kappa shape index (κ2) is 7.17. The number of amides is 2. The first kappa shape index (κ1) is 14.7. The summed E-state index contributed by atoms with van der Waals surface area (Å²) in [6.45, 7) is 7.08. The predicted octanol–water partition coefficient (Wildman–Crippen LogP) is 3.03. The van der Waals surface area contributed by atoms with E-state index >= 15 is 0 Å². The summed E-state index contributed by atoms with van der Waals surface area (Å²) < 4.78 is 5.56. The Balaban J connectivity index is 1.87. The smallest absolute Gasteiger partial charge is 0.317 e. The summed E-state index contributed by atoms with van der Waals surface area (Å²) >= 11 is 0. The molecule has 0 aliphatic carbocycles. The van der Waals surface area contributed by atoms with Crippen LogP contribution in [0.15, 0.2) is 24.3 Å². The molecule has 0 atom stereocenters. The Bertz CT molecular complexity index is 440. The van der Waals surface area contributed by atoms with Gasteiger partial charge < -0.3 is 15.0 Å². The second-order valence-corrected chi connectivity index (χ2v) is 5.37. The molecule has 1 saturated heterocycles. The first-order chi connectivity index (χ1) is 9.70. The van der Waals surface area contributed by atoms with E-state index in [0.717, 1.165) is 43.2 Å². The van der Waals surface area contributed by atoms with Crippen molar-refractivity contribution in [3.63, 3.8) is 0 Å². The van der Waals surface area contributed by atoms with E-state index in [4.69, 9.17) is 4.74 Å². The molecule has 1 N–H and O–H groups in total. The molecule has 1 aliphatic rings. The summed E-state index contributed by atoms with van der Waals surface area (Å²) in [5, 5.41) is 2.99. The van der Waals surface area contributed by atoms with Gasteiger partial charge in [-0.15, -0.1) is 0 Å². The van der Waals surface area contributed by atoms with Gasteiger partial charge >= 0.3 is 6.03 Å². The lowest BCUT2D eigenvalue weighted by Gasteiger charge is -2.30. The Morgan fingerprint density at radius 1 is 1.35 bits per heavy atom. The summed E-state index contributed by atoms with van der Waals surface area (Å²) in [5.74, 6) is 1.58. The number of para-hydroxylation sites is 1. The Morgan fingerprint density at radius 3 is 2.75 bits per heavy atom. The van der Waals surface area contributed by atoms with Gasteiger partial charge in [-0.1, -0.05) is 25.1 Å². The summed E-state index contributed by atoms with van der Waals surface area (Å²) in [5.41, 5.74) is 1.02. The third kappa shape index (κ3) is 3.89. The molecule has 2 amide bonds. The molecule has 2 rings (SSSR count). The van der Waals surface area contributed by atoms with E-state index in [0.29, 0.717) is 13.2 Å². The fraction of sp³-hybridized carbons (Fsp3) is 0.562. The lowest BCUT2D eigenvalue weighted by molar-refractivity contribution is 0.173. The van der Waals surface area contributed by atoms with Gasteiger partial charge in [0.05, 0.1) is 6.61 Å². The Morgan fingerprint density at radius 2 is 2.05 bits per heavy atom. The summed E-state index contributed by atoms with van der Waals surface area (Å²) in [7, 11) is 0. The van der Waals surface area contributed by atoms with E-state index in [1.807, 2.05) is 36.1 Å². The number of benzene rings is 1. The zero-order valence-electron chi connectivity index (χ0n) is 12.4. The van der Waals surface area contributed by atoms with Crippen LogP contribution in [0, 0.1) is 5.92 Å². The summed E-state index contributed by atoms with van der Waals surface area (Å²) in [6, 6.07) is 7.87. The van der Waals surface area contributed by atoms with Gasteiger partial charge in [-0.05, 0) is 31.7 Å². The van der Waals surface area contributed by atoms with Crippen molar-refractivity contribution in [2.24, 2.45) is 5.92 Å². The number of piperidine rings is 1. The van der Waals surface area contributed by atoms with Crippen molar-refractivity contribution in [1.82, 2.24) is 10.2 Å². The number of rotatable bonds is 4. The van der Waals surface area contributed by atoms with Crippen LogP contribution in [-0.4, -0.2) is 30.6 Å². The van der Waals surface area contributed by atoms with Gasteiger partial charge in [-0.25, -0.2) is 4.79 Å². The maximum absolute atomic E-state index is 12.1. The highest BCUT2D eigenvalue weighted by atomic mass is 16.5. The molecule has 0 aromatic heterocycles. The van der Waals surface area contributed by atoms with Crippen molar-refractivity contribution in [3.05, 3.63) is 29.8 Å². The number of carbonyl (C=O) groups excluding carboxylic acids is 1. The largest absolute Gasteiger partial charge is 0.494 e. The van der Waals surface area contributed by atoms with E-state index in [1.165, 1.54) is 0 Å². The van der Waals surface area contributed by atoms with Crippen molar-refractivity contribution in [2.75, 3.05) is 19.7 Å². The molecule has 0 spiro atoms. The van der Waals surface area contributed by atoms with Crippen molar-refractivity contribution in [2.45, 2.75) is 33.2 Å². The molecule has 1 aromatic carbocycles. The first-order valence-electron chi connectivity index (χ1n) is 7.44. The predicted molar refractivity (Wildman–Crippen MR) is 79.8 cm³/mol. The molecule has 0 bridgehead atoms. The standard InChI is InChI=1S/C16H24N2O2/c1-3-20-15-7-5-4-6-14(15)12-17-16(19)18-10-8-13(2)9-11-18/h4-7,13H,3,8-12H2,1-2H3,(H,17,19). The highest BCUT2D eigenvalue weighted by molar-refractivity contribution is 5.74. The average Bonchev–Trinajstić information content (AvgIpc) is 2.47. The zero-order chi connectivity index (χ0) is 14.4. The highest BCUT2D eigenvalue weighted by Crippen LogP contribution is 2.18. The van der Waals surface area contributed by atoms with Gasteiger partial charge in [0.2, 0.25) is 0 Å². The van der Waals surface area contributed by atoms with Crippen molar-refractivity contribution >= 4 is 6.03 Å². The molecule has 110 valence electrons. The fourth-order valence-electron chi connectivity index (χ4n) is 2.44. The molecule has 4 nitrogen and oxygen atoms in total. The van der Waals surface area contributed by atoms with Crippen LogP contribution in [0.4, 0.5) is 4.79 Å². The third-order valence-corrected chi connectivity index (χ3v) is 3.77. The third-order valence-electron chi connectivity index (χ3n) is 3.77. The van der Waals surface area contributed by atoms with E-state index in [-0.39, 0.29) is 6.03 Å². The highest BCUT2D eigenvalue weighted by Gasteiger charge is 2.20. The van der Waals surface area contributed by atoms with Crippen LogP contribution in [0.3, 0.4) is 0 Å². The molecule has 1 heterocycles. The van der Waals surface area contributed by atoms with E-state index < -0.39 is 0 Å². The molecular weight excluding hydrogens is 252 g/mol. The maximum Gasteiger partial charge on any atom is 0.317 e. The fourth-order valence-corrected chi connectivity index (χ4v) is 2.44. The van der Waals surface area contributed by atoms with Crippen LogP contribution in [0.1, 0.15) is 32.3 Å². The van der Waals surface area contributed by atoms with Gasteiger partial charge in [0, 0.05) is 25.2 Å². The number of hydrogen-bond donors (Lipinski definition) is 1. The SMILES string of the molecule is CCOc1ccccc1CNC(=O)N1CCC(C)CC1. The van der Waals surface area contributed by atoms with E-state index in [1.54, 1.807) is 0 Å². The quantitative estimate of drug-likeness (QED) is 0.918. The van der Waals surface area contributed by atoms with Gasteiger partial charge in [0.25, 0.3) is 0 Å². The van der Waals surface area contributed by atoms with Crippen LogP contribution in [0.25, 0.3) is 0 Å². The van der Waals surface area contributed by atoms with Gasteiger partial charge in [0.1, 0.15) is 5.75 Å². The Kier molecular flexibility index (Phi) is 5.27. The molecule has 0 saturated carbocycles. The zero-order valence-corrected chi connectivity index (χ0v) is 12.4. The number of nitrogens with zero attached hydrogens (tertiary/aromatic N) is 1. The number of urea groups is 1. The number of nitrogens with one attached hydrogen (secondary N) is 1. The number of likely N-dealkylation sites (tertiary alicyclic amines) is 1. The first-order valence-corrected chi connectivity index (χ1v) is 7.44. The Hall–Kier alpha value is -1.71. The van der Waals surface area contributed by atoms with Crippen molar-refractivity contribution in [1.29, 1.82) is 0 Å². The van der Waals surface area contributed by atoms with Gasteiger partial charge in [0.15, 0.2) is 0 Å². The summed E-state index contributed by atoms with van der Waals surface area (Å²) in [6.07, 6.45) is 2.20. The number of carbonyl (C=O) groups is 1. The van der Waals surface area contributed by atoms with Crippen LogP contribution in [0.2, 0.25) is 0 Å². The van der Waals surface area contributed by atoms with Crippen LogP contribution in [0.5, 0.6) is 5.75 Å². The van der Waals surface area contributed by atoms with Crippen molar-refractivity contribution < 1.29 is 9.53 Å². The van der Waals surface area contributed by atoms with E-state index in [9.17, 15) is 4.79 Å². The minimum Gasteiger partial charge on any atom is -0.494 e. The average molecular weight is 276 g/mol. The number of ether oxygens (including phenoxy) is 1. The second-order valence-electron chi connectivity index (χ2n) is 5.37. The van der Waals surface area contributed by atoms with Crippen LogP contribution < -0.4 is 10.1 Å². The monoisotopic (exact) mass is 276 g/mol. The van der Waals surface area contributed by atoms with Gasteiger partial charge in [-0.2, -0.15) is 0 Å². The molecule has 0 radical (unpaired) electrons. The van der Waals surface area contributed by atoms with Crippen LogP contribution in [-0.2, 0) is 6.54 Å². The topological polar surface area (TPSA) is 41.6 Å². The summed E-state index contributed by atoms with van der Waals surface area (Å²) in [4.78, 5) is 14.0. The number of hydrogen-bond acceptors (Lipinski definition) is 2. The molecule has 4 heteroatoms. The molecule has 20 heavy (non-hydrogen) atoms.